The standard InChI is InChI=1S/C13H27N3O2/c1-5-10(11(17)13(2,3)4)12(18)16-9-8-15-7-6-14/h10,15H,5-9,14H2,1-4H3,(H,16,18). The molecule has 0 heterocycles. The molecule has 0 aromatic rings. The Morgan fingerprint density at radius 3 is 2.22 bits per heavy atom. The fourth-order valence-corrected chi connectivity index (χ4v) is 1.64. The number of carbonyl (C=O) groups is 2. The lowest BCUT2D eigenvalue weighted by atomic mass is 9.81. The molecule has 0 aromatic heterocycles. The van der Waals surface area contributed by atoms with Gasteiger partial charge in [-0.3, -0.25) is 9.59 Å². The Kier molecular flexibility index (Phi) is 7.78. The zero-order valence-electron chi connectivity index (χ0n) is 12.0. The lowest BCUT2D eigenvalue weighted by Gasteiger charge is -2.23. The molecule has 0 aromatic carbocycles. The first-order valence-electron chi connectivity index (χ1n) is 6.57. The SMILES string of the molecule is CCC(C(=O)NCCNCCN)C(=O)C(C)(C)C. The Hall–Kier alpha value is -0.940. The van der Waals surface area contributed by atoms with Gasteiger partial charge in [-0.15, -0.1) is 0 Å². The molecule has 1 amide bonds. The van der Waals surface area contributed by atoms with Crippen molar-refractivity contribution in [3.8, 4) is 0 Å². The molecular weight excluding hydrogens is 230 g/mol. The van der Waals surface area contributed by atoms with Gasteiger partial charge in [0.15, 0.2) is 5.78 Å². The Morgan fingerprint density at radius 2 is 1.78 bits per heavy atom. The first-order chi connectivity index (χ1) is 8.34. The van der Waals surface area contributed by atoms with Crippen molar-refractivity contribution in [3.63, 3.8) is 0 Å². The van der Waals surface area contributed by atoms with Crippen LogP contribution in [-0.2, 0) is 9.59 Å². The van der Waals surface area contributed by atoms with E-state index in [4.69, 9.17) is 5.73 Å². The summed E-state index contributed by atoms with van der Waals surface area (Å²) in [6.45, 7) is 9.88. The van der Waals surface area contributed by atoms with Crippen LogP contribution < -0.4 is 16.4 Å². The fraction of sp³-hybridized carbons (Fsp3) is 0.846. The summed E-state index contributed by atoms with van der Waals surface area (Å²) in [6.07, 6.45) is 0.540. The topological polar surface area (TPSA) is 84.2 Å². The van der Waals surface area contributed by atoms with Crippen molar-refractivity contribution in [2.24, 2.45) is 17.1 Å². The second-order valence-electron chi connectivity index (χ2n) is 5.40. The average Bonchev–Trinajstić information content (AvgIpc) is 2.28. The van der Waals surface area contributed by atoms with E-state index in [9.17, 15) is 9.59 Å². The molecule has 1 unspecified atom stereocenters. The molecule has 0 saturated carbocycles. The van der Waals surface area contributed by atoms with Crippen LogP contribution in [0.5, 0.6) is 0 Å². The van der Waals surface area contributed by atoms with E-state index >= 15 is 0 Å². The van der Waals surface area contributed by atoms with Gasteiger partial charge in [0.25, 0.3) is 0 Å². The first kappa shape index (κ1) is 17.1. The van der Waals surface area contributed by atoms with Gasteiger partial charge in [0, 0.05) is 31.6 Å². The van der Waals surface area contributed by atoms with Crippen LogP contribution in [0.4, 0.5) is 0 Å². The molecule has 4 N–H and O–H groups in total. The van der Waals surface area contributed by atoms with Crippen molar-refractivity contribution >= 4 is 11.7 Å². The largest absolute Gasteiger partial charge is 0.354 e. The molecule has 5 heteroatoms. The van der Waals surface area contributed by atoms with Crippen molar-refractivity contribution < 1.29 is 9.59 Å². The van der Waals surface area contributed by atoms with Crippen LogP contribution in [0.15, 0.2) is 0 Å². The second-order valence-corrected chi connectivity index (χ2v) is 5.40. The van der Waals surface area contributed by atoms with Crippen LogP contribution in [0.3, 0.4) is 0 Å². The van der Waals surface area contributed by atoms with Gasteiger partial charge in [-0.25, -0.2) is 0 Å². The fourth-order valence-electron chi connectivity index (χ4n) is 1.64. The monoisotopic (exact) mass is 257 g/mol. The lowest BCUT2D eigenvalue weighted by Crippen LogP contribution is -2.42. The number of amides is 1. The van der Waals surface area contributed by atoms with E-state index in [0.29, 0.717) is 26.1 Å². The van der Waals surface area contributed by atoms with Gasteiger partial charge in [-0.1, -0.05) is 27.7 Å². The molecule has 0 spiro atoms. The normalized spacial score (nSPS) is 13.2. The van der Waals surface area contributed by atoms with Gasteiger partial charge in [0.1, 0.15) is 0 Å². The molecule has 0 radical (unpaired) electrons. The summed E-state index contributed by atoms with van der Waals surface area (Å²) in [5, 5.41) is 5.86. The molecular formula is C13H27N3O2. The zero-order valence-corrected chi connectivity index (χ0v) is 12.0. The second kappa shape index (κ2) is 8.21. The molecule has 1 atom stereocenters. The van der Waals surface area contributed by atoms with Crippen LogP contribution in [0.1, 0.15) is 34.1 Å². The van der Waals surface area contributed by atoms with E-state index in [1.807, 2.05) is 27.7 Å². The Bertz CT molecular complexity index is 272. The van der Waals surface area contributed by atoms with Crippen LogP contribution in [0.25, 0.3) is 0 Å². The van der Waals surface area contributed by atoms with Crippen LogP contribution in [0, 0.1) is 11.3 Å². The summed E-state index contributed by atoms with van der Waals surface area (Å²) in [5.74, 6) is -0.719. The molecule has 0 saturated heterocycles. The molecule has 0 aliphatic carbocycles. The Morgan fingerprint density at radius 1 is 1.17 bits per heavy atom. The minimum absolute atomic E-state index is 0.00239. The van der Waals surface area contributed by atoms with E-state index in [1.54, 1.807) is 0 Å². The predicted octanol–water partition coefficient (Wildman–Crippen LogP) is 0.292. The highest BCUT2D eigenvalue weighted by molar-refractivity contribution is 6.03. The summed E-state index contributed by atoms with van der Waals surface area (Å²) in [6, 6.07) is 0. The Balaban J connectivity index is 4.16. The molecule has 18 heavy (non-hydrogen) atoms. The first-order valence-corrected chi connectivity index (χ1v) is 6.57. The smallest absolute Gasteiger partial charge is 0.230 e. The number of carbonyl (C=O) groups excluding carboxylic acids is 2. The molecule has 0 bridgehead atoms. The summed E-state index contributed by atoms with van der Waals surface area (Å²) >= 11 is 0. The number of hydrogen-bond acceptors (Lipinski definition) is 4. The average molecular weight is 257 g/mol. The minimum Gasteiger partial charge on any atom is -0.354 e. The van der Waals surface area contributed by atoms with Crippen molar-refractivity contribution in [1.82, 2.24) is 10.6 Å². The molecule has 106 valence electrons. The molecule has 5 nitrogen and oxygen atoms in total. The number of Topliss-reactive ketones (excluding diaryl/α,β-unsaturated/α-hetero) is 1. The summed E-state index contributed by atoms with van der Waals surface area (Å²) in [7, 11) is 0. The van der Waals surface area contributed by atoms with Gasteiger partial charge < -0.3 is 16.4 Å². The van der Waals surface area contributed by atoms with Gasteiger partial charge in [0.2, 0.25) is 5.91 Å². The van der Waals surface area contributed by atoms with E-state index < -0.39 is 11.3 Å². The van der Waals surface area contributed by atoms with E-state index in [0.717, 1.165) is 6.54 Å². The van der Waals surface area contributed by atoms with Crippen molar-refractivity contribution in [1.29, 1.82) is 0 Å². The third-order valence-corrected chi connectivity index (χ3v) is 2.70. The van der Waals surface area contributed by atoms with Gasteiger partial charge >= 0.3 is 0 Å². The number of rotatable bonds is 8. The van der Waals surface area contributed by atoms with E-state index in [1.165, 1.54) is 0 Å². The third kappa shape index (κ3) is 6.12. The van der Waals surface area contributed by atoms with Crippen molar-refractivity contribution in [3.05, 3.63) is 0 Å². The highest BCUT2D eigenvalue weighted by Gasteiger charge is 2.32. The Labute approximate surface area is 110 Å². The summed E-state index contributed by atoms with van der Waals surface area (Å²) < 4.78 is 0. The highest BCUT2D eigenvalue weighted by Crippen LogP contribution is 2.22. The van der Waals surface area contributed by atoms with Crippen molar-refractivity contribution in [2.45, 2.75) is 34.1 Å². The molecule has 0 rings (SSSR count). The number of ketones is 1. The van der Waals surface area contributed by atoms with Crippen LogP contribution in [0.2, 0.25) is 0 Å². The lowest BCUT2D eigenvalue weighted by molar-refractivity contribution is -0.138. The third-order valence-electron chi connectivity index (χ3n) is 2.70. The maximum atomic E-state index is 12.1. The summed E-state index contributed by atoms with van der Waals surface area (Å²) in [4.78, 5) is 24.0. The van der Waals surface area contributed by atoms with Gasteiger partial charge in [-0.2, -0.15) is 0 Å². The predicted molar refractivity (Wildman–Crippen MR) is 73.2 cm³/mol. The zero-order chi connectivity index (χ0) is 14.2. The summed E-state index contributed by atoms with van der Waals surface area (Å²) in [5.41, 5.74) is 4.86. The highest BCUT2D eigenvalue weighted by atomic mass is 16.2. The van der Waals surface area contributed by atoms with Crippen LogP contribution >= 0.6 is 0 Å². The minimum atomic E-state index is -0.542. The number of nitrogens with two attached hydrogens (primary N) is 1. The van der Waals surface area contributed by atoms with Crippen molar-refractivity contribution in [2.75, 3.05) is 26.2 Å². The maximum absolute atomic E-state index is 12.1. The molecule has 0 aliphatic heterocycles. The maximum Gasteiger partial charge on any atom is 0.230 e. The molecule has 0 fully saturated rings. The van der Waals surface area contributed by atoms with Gasteiger partial charge in [-0.05, 0) is 6.42 Å². The van der Waals surface area contributed by atoms with E-state index in [2.05, 4.69) is 10.6 Å². The van der Waals surface area contributed by atoms with Gasteiger partial charge in [0.05, 0.1) is 5.92 Å². The van der Waals surface area contributed by atoms with E-state index in [-0.39, 0.29) is 11.7 Å². The molecule has 0 aliphatic rings. The number of nitrogens with one attached hydrogen (secondary N) is 2. The van der Waals surface area contributed by atoms with Crippen LogP contribution in [-0.4, -0.2) is 37.9 Å². The number of hydrogen-bond donors (Lipinski definition) is 3. The quantitative estimate of drug-likeness (QED) is 0.431.